The lowest BCUT2D eigenvalue weighted by atomic mass is 10.0. The highest BCUT2D eigenvalue weighted by atomic mass is 31.2. The molecule has 77 heavy (non-hydrogen) atoms. The quantitative estimate of drug-likeness (QED) is 0.0264. The fraction of sp³-hybridized carbons (Fsp3) is 0.731. The lowest BCUT2D eigenvalue weighted by Gasteiger charge is -2.19. The van der Waals surface area contributed by atoms with Crippen molar-refractivity contribution in [3.8, 4) is 0 Å². The zero-order valence-electron chi connectivity index (χ0n) is 49.7. The molecule has 3 N–H and O–H groups in total. The number of carbonyl (C=O) groups is 2. The highest BCUT2D eigenvalue weighted by molar-refractivity contribution is 7.47. The first-order chi connectivity index (χ1) is 37.8. The molecule has 0 spiro atoms. The van der Waals surface area contributed by atoms with Crippen LogP contribution < -0.4 is 5.73 Å². The minimum atomic E-state index is -4.39. The van der Waals surface area contributed by atoms with Crippen LogP contribution in [0.4, 0.5) is 0 Å². The molecule has 9 nitrogen and oxygen atoms in total. The predicted octanol–water partition coefficient (Wildman–Crippen LogP) is 20.4. The highest BCUT2D eigenvalue weighted by Gasteiger charge is 2.26. The second-order valence-corrected chi connectivity index (χ2v) is 22.4. The Morgan fingerprint density at radius 2 is 0.714 bits per heavy atom. The molecule has 0 aliphatic heterocycles. The van der Waals surface area contributed by atoms with E-state index < -0.39 is 26.5 Å². The van der Waals surface area contributed by atoms with Gasteiger partial charge in [0.2, 0.25) is 0 Å². The van der Waals surface area contributed by atoms with Gasteiger partial charge in [-0.3, -0.25) is 18.6 Å². The summed E-state index contributed by atoms with van der Waals surface area (Å²) in [6.07, 6.45) is 83.4. The summed E-state index contributed by atoms with van der Waals surface area (Å²) in [5, 5.41) is 0. The third-order valence-corrected chi connectivity index (χ3v) is 14.5. The Bertz CT molecular complexity index is 1580. The standard InChI is InChI=1S/C67H118NO8P/c1-3-5-7-9-11-13-15-17-19-21-22-23-24-25-26-27-28-29-30-31-32-33-34-35-36-37-38-39-40-41-42-44-46-48-50-52-54-56-58-60-67(70)76-65(64-75-77(71,72)74-62-61-68)63-73-66(69)59-57-55-53-51-49-47-45-43-20-18-16-14-12-10-8-6-4-2/h5,7,11,13,17,19,22-23,25-26,28-29,31-32,34-35,65H,3-4,6,8-10,12,14-16,18,20-21,24,27,30,33,36-64,68H2,1-2H3,(H,71,72)/b7-5-,13-11-,19-17-,23-22-,26-25-,29-28-,32-31-,35-34-. The van der Waals surface area contributed by atoms with Crippen LogP contribution in [0.1, 0.15) is 284 Å². The fourth-order valence-corrected chi connectivity index (χ4v) is 9.60. The van der Waals surface area contributed by atoms with Gasteiger partial charge < -0.3 is 20.1 Å². The zero-order chi connectivity index (χ0) is 55.9. The molecule has 0 aliphatic rings. The lowest BCUT2D eigenvalue weighted by Crippen LogP contribution is -2.29. The molecule has 2 atom stereocenters. The summed E-state index contributed by atoms with van der Waals surface area (Å²) in [5.74, 6) is -0.820. The van der Waals surface area contributed by atoms with E-state index in [0.717, 1.165) is 89.9 Å². The summed E-state index contributed by atoms with van der Waals surface area (Å²) in [7, 11) is -4.39. The number of ether oxygens (including phenoxy) is 2. The summed E-state index contributed by atoms with van der Waals surface area (Å²) in [6, 6.07) is 0. The van der Waals surface area contributed by atoms with E-state index in [1.807, 2.05) is 0 Å². The van der Waals surface area contributed by atoms with Crippen LogP contribution in [0, 0.1) is 0 Å². The van der Waals surface area contributed by atoms with Gasteiger partial charge in [-0.2, -0.15) is 0 Å². The summed E-state index contributed by atoms with van der Waals surface area (Å²) < 4.78 is 33.1. The second kappa shape index (κ2) is 62.1. The Hall–Kier alpha value is -3.07. The van der Waals surface area contributed by atoms with Crippen LogP contribution >= 0.6 is 7.82 Å². The number of esters is 2. The topological polar surface area (TPSA) is 134 Å². The van der Waals surface area contributed by atoms with Gasteiger partial charge in [0.1, 0.15) is 6.61 Å². The largest absolute Gasteiger partial charge is 0.472 e. The maximum absolute atomic E-state index is 12.7. The fourth-order valence-electron chi connectivity index (χ4n) is 8.83. The molecule has 0 saturated carbocycles. The van der Waals surface area contributed by atoms with E-state index in [2.05, 4.69) is 111 Å². The van der Waals surface area contributed by atoms with E-state index >= 15 is 0 Å². The Morgan fingerprint density at radius 1 is 0.403 bits per heavy atom. The van der Waals surface area contributed by atoms with Crippen LogP contribution in [0.25, 0.3) is 0 Å². The molecule has 0 aromatic rings. The van der Waals surface area contributed by atoms with Crippen molar-refractivity contribution in [3.05, 3.63) is 97.2 Å². The van der Waals surface area contributed by atoms with Crippen molar-refractivity contribution >= 4 is 19.8 Å². The molecule has 0 rings (SSSR count). The predicted molar refractivity (Wildman–Crippen MR) is 330 cm³/mol. The number of rotatable bonds is 59. The van der Waals surface area contributed by atoms with E-state index in [9.17, 15) is 19.0 Å². The van der Waals surface area contributed by atoms with Gasteiger partial charge in [-0.25, -0.2) is 4.57 Å². The first-order valence-corrected chi connectivity index (χ1v) is 33.2. The van der Waals surface area contributed by atoms with Crippen molar-refractivity contribution in [2.75, 3.05) is 26.4 Å². The van der Waals surface area contributed by atoms with Crippen LogP contribution in [0.3, 0.4) is 0 Å². The monoisotopic (exact) mass is 1100 g/mol. The molecule has 0 aliphatic carbocycles. The first kappa shape index (κ1) is 73.9. The average Bonchev–Trinajstić information content (AvgIpc) is 3.42. The third-order valence-electron chi connectivity index (χ3n) is 13.5. The minimum absolute atomic E-state index is 0.0521. The maximum Gasteiger partial charge on any atom is 0.472 e. The molecule has 0 aromatic carbocycles. The summed E-state index contributed by atoms with van der Waals surface area (Å²) in [5.41, 5.74) is 5.39. The van der Waals surface area contributed by atoms with E-state index in [1.54, 1.807) is 0 Å². The molecule has 444 valence electrons. The van der Waals surface area contributed by atoms with Crippen LogP contribution in [-0.2, 0) is 32.7 Å². The van der Waals surface area contributed by atoms with Crippen molar-refractivity contribution in [2.24, 2.45) is 5.73 Å². The summed E-state index contributed by atoms with van der Waals surface area (Å²) >= 11 is 0. The van der Waals surface area contributed by atoms with Crippen molar-refractivity contribution in [1.29, 1.82) is 0 Å². The van der Waals surface area contributed by atoms with Gasteiger partial charge in [0.15, 0.2) is 6.10 Å². The molecule has 0 radical (unpaired) electrons. The van der Waals surface area contributed by atoms with Crippen molar-refractivity contribution in [2.45, 2.75) is 290 Å². The Balaban J connectivity index is 3.89. The molecular weight excluding hydrogens is 978 g/mol. The van der Waals surface area contributed by atoms with Crippen LogP contribution in [0.15, 0.2) is 97.2 Å². The summed E-state index contributed by atoms with van der Waals surface area (Å²) in [6.45, 7) is 3.66. The van der Waals surface area contributed by atoms with Gasteiger partial charge in [-0.15, -0.1) is 0 Å². The molecular formula is C67H118NO8P. The van der Waals surface area contributed by atoms with E-state index in [-0.39, 0.29) is 38.6 Å². The van der Waals surface area contributed by atoms with Crippen LogP contribution in [-0.4, -0.2) is 49.3 Å². The average molecular weight is 1100 g/mol. The van der Waals surface area contributed by atoms with Crippen molar-refractivity contribution in [3.63, 3.8) is 0 Å². The van der Waals surface area contributed by atoms with Crippen LogP contribution in [0.5, 0.6) is 0 Å². The molecule has 2 unspecified atom stereocenters. The van der Waals surface area contributed by atoms with Gasteiger partial charge in [0.05, 0.1) is 13.2 Å². The van der Waals surface area contributed by atoms with E-state index in [4.69, 9.17) is 24.3 Å². The molecule has 10 heteroatoms. The number of allylic oxidation sites excluding steroid dienone is 16. The SMILES string of the molecule is CC/C=C\C/C=C\C/C=C\C/C=C\C/C=C\C/C=C\C/C=C\C/C=C\CCCCCCCCCCCCCCCCC(=O)OC(COC(=O)CCCCCCCCCCCCCCCCCCC)COP(=O)(O)OCCN. The first-order valence-electron chi connectivity index (χ1n) is 31.7. The number of phosphoric acid groups is 1. The lowest BCUT2D eigenvalue weighted by molar-refractivity contribution is -0.161. The number of unbranched alkanes of at least 4 members (excludes halogenated alkanes) is 30. The molecule has 0 saturated heterocycles. The Kier molecular flexibility index (Phi) is 59.7. The molecule has 0 aromatic heterocycles. The van der Waals surface area contributed by atoms with Gasteiger partial charge in [0.25, 0.3) is 0 Å². The zero-order valence-corrected chi connectivity index (χ0v) is 50.6. The Labute approximate surface area is 474 Å². The third kappa shape index (κ3) is 62.0. The number of hydrogen-bond acceptors (Lipinski definition) is 8. The number of nitrogens with two attached hydrogens (primary N) is 1. The molecule has 0 bridgehead atoms. The summed E-state index contributed by atoms with van der Waals surface area (Å²) in [4.78, 5) is 35.2. The number of hydrogen-bond donors (Lipinski definition) is 2. The van der Waals surface area contributed by atoms with Gasteiger partial charge in [-0.1, -0.05) is 291 Å². The van der Waals surface area contributed by atoms with E-state index in [0.29, 0.717) is 6.42 Å². The minimum Gasteiger partial charge on any atom is -0.462 e. The highest BCUT2D eigenvalue weighted by Crippen LogP contribution is 2.43. The smallest absolute Gasteiger partial charge is 0.462 e. The van der Waals surface area contributed by atoms with Gasteiger partial charge in [0, 0.05) is 19.4 Å². The molecule has 0 heterocycles. The maximum atomic E-state index is 12.7. The normalized spacial score (nSPS) is 13.7. The molecule has 0 amide bonds. The Morgan fingerprint density at radius 3 is 1.06 bits per heavy atom. The van der Waals surface area contributed by atoms with Crippen molar-refractivity contribution in [1.82, 2.24) is 0 Å². The number of carbonyl (C=O) groups excluding carboxylic acids is 2. The second-order valence-electron chi connectivity index (χ2n) is 20.9. The molecule has 0 fully saturated rings. The van der Waals surface area contributed by atoms with E-state index in [1.165, 1.54) is 161 Å². The van der Waals surface area contributed by atoms with Gasteiger partial charge in [-0.05, 0) is 77.0 Å². The number of phosphoric ester groups is 1. The van der Waals surface area contributed by atoms with Crippen molar-refractivity contribution < 1.29 is 37.6 Å². The van der Waals surface area contributed by atoms with Crippen LogP contribution in [0.2, 0.25) is 0 Å². The van der Waals surface area contributed by atoms with Gasteiger partial charge >= 0.3 is 19.8 Å².